The number of nitrogens with zero attached hydrogens (tertiary/aromatic N) is 2. The summed E-state index contributed by atoms with van der Waals surface area (Å²) < 4.78 is 20.8. The molecule has 64 heavy (non-hydrogen) atoms. The van der Waals surface area contributed by atoms with Crippen LogP contribution in [0.1, 0.15) is 193 Å². The number of carbonyl (C=O) groups excluding carboxylic acids is 6. The Morgan fingerprint density at radius 3 is 1.28 bits per heavy atom. The highest BCUT2D eigenvalue weighted by atomic mass is 16.6. The molecule has 0 saturated heterocycles. The van der Waals surface area contributed by atoms with E-state index in [1.165, 1.54) is 0 Å². The number of aryl methyl sites for hydroxylation is 2. The zero-order valence-electron chi connectivity index (χ0n) is 40.6. The largest absolute Gasteiger partial charge is 0.444 e. The molecule has 2 aromatic rings. The molecule has 0 bridgehead atoms. The van der Waals surface area contributed by atoms with E-state index in [-0.39, 0.29) is 47.5 Å². The second kappa shape index (κ2) is 25.1. The van der Waals surface area contributed by atoms with Crippen LogP contribution in [0.5, 0.6) is 0 Å². The molecule has 2 saturated carbocycles. The van der Waals surface area contributed by atoms with Crippen molar-refractivity contribution >= 4 is 35.6 Å². The molecule has 16 heteroatoms. The Bertz CT molecular complexity index is 1700. The second-order valence-corrected chi connectivity index (χ2v) is 19.9. The molecule has 2 fully saturated rings. The van der Waals surface area contributed by atoms with Gasteiger partial charge in [0.05, 0.1) is 0 Å². The van der Waals surface area contributed by atoms with E-state index in [2.05, 4.69) is 45.4 Å². The maximum absolute atomic E-state index is 12.6. The minimum absolute atomic E-state index is 0.0772. The van der Waals surface area contributed by atoms with Gasteiger partial charge < -0.3 is 39.8 Å². The molecule has 0 unspecified atom stereocenters. The molecular formula is C48H78N6O10. The molecule has 16 nitrogen and oxygen atoms in total. The molecule has 2 aromatic heterocycles. The van der Waals surface area contributed by atoms with Gasteiger partial charge in [0.2, 0.25) is 0 Å². The maximum atomic E-state index is 12.6. The quantitative estimate of drug-likeness (QED) is 0.110. The van der Waals surface area contributed by atoms with Gasteiger partial charge in [-0.2, -0.15) is 0 Å². The van der Waals surface area contributed by atoms with Crippen LogP contribution in [-0.2, 0) is 31.9 Å². The number of ether oxygens (including phenoxy) is 2. The Kier molecular flexibility index (Phi) is 21.0. The van der Waals surface area contributed by atoms with E-state index in [9.17, 15) is 28.8 Å². The van der Waals surface area contributed by atoms with E-state index in [0.717, 1.165) is 51.4 Å². The lowest BCUT2D eigenvalue weighted by molar-refractivity contribution is -0.121. The van der Waals surface area contributed by atoms with E-state index >= 15 is 0 Å². The average molecular weight is 899 g/mol. The first-order valence-corrected chi connectivity index (χ1v) is 23.6. The van der Waals surface area contributed by atoms with Gasteiger partial charge in [0.1, 0.15) is 34.3 Å². The number of hydrogen-bond donors (Lipinski definition) is 4. The molecule has 4 amide bonds. The summed E-state index contributed by atoms with van der Waals surface area (Å²) in [7, 11) is 0. The van der Waals surface area contributed by atoms with Gasteiger partial charge in [-0.3, -0.25) is 19.2 Å². The second-order valence-electron chi connectivity index (χ2n) is 19.9. The van der Waals surface area contributed by atoms with Crippen molar-refractivity contribution in [2.24, 2.45) is 23.7 Å². The number of hydrogen-bond acceptors (Lipinski definition) is 12. The smallest absolute Gasteiger partial charge is 0.407 e. The highest BCUT2D eigenvalue weighted by Crippen LogP contribution is 2.35. The maximum Gasteiger partial charge on any atom is 0.407 e. The molecule has 2 aliphatic carbocycles. The lowest BCUT2D eigenvalue weighted by Crippen LogP contribution is -2.44. The molecule has 4 N–H and O–H groups in total. The Balaban J connectivity index is 0.000000340. The van der Waals surface area contributed by atoms with E-state index < -0.39 is 23.4 Å². The molecule has 0 aromatic carbocycles. The molecule has 0 spiro atoms. The average Bonchev–Trinajstić information content (AvgIpc) is 3.88. The van der Waals surface area contributed by atoms with Crippen molar-refractivity contribution in [2.45, 2.75) is 208 Å². The molecule has 0 aliphatic heterocycles. The number of amides is 4. The van der Waals surface area contributed by atoms with Gasteiger partial charge >= 0.3 is 12.2 Å². The third-order valence-electron chi connectivity index (χ3n) is 11.8. The van der Waals surface area contributed by atoms with Gasteiger partial charge in [-0.1, -0.05) is 50.8 Å². The lowest BCUT2D eigenvalue weighted by atomic mass is 9.74. The predicted octanol–water partition coefficient (Wildman–Crippen LogP) is 8.85. The summed E-state index contributed by atoms with van der Waals surface area (Å²) in [5.74, 6) is 2.51. The normalized spacial score (nSPS) is 22.1. The van der Waals surface area contributed by atoms with Gasteiger partial charge in [0.15, 0.2) is 11.4 Å². The summed E-state index contributed by atoms with van der Waals surface area (Å²) in [4.78, 5) is 74.0. The summed E-state index contributed by atoms with van der Waals surface area (Å²) in [6.45, 7) is 22.6. The van der Waals surface area contributed by atoms with Crippen molar-refractivity contribution in [2.75, 3.05) is 0 Å². The van der Waals surface area contributed by atoms with Crippen molar-refractivity contribution in [3.63, 3.8) is 0 Å². The molecule has 2 heterocycles. The zero-order valence-corrected chi connectivity index (χ0v) is 40.6. The zero-order chi connectivity index (χ0) is 47.8. The van der Waals surface area contributed by atoms with Crippen molar-refractivity contribution in [3.05, 3.63) is 35.0 Å². The number of alkyl carbamates (subject to hydrolysis) is 2. The van der Waals surface area contributed by atoms with Crippen LogP contribution in [0.4, 0.5) is 9.59 Å². The standard InChI is InChI=1S/2C24H39N3O5/c2*1-7-17-12-16(13-18(28)11-15(3)25-23(30)31-24(4,5)6)9-10-20(17)26-22(29)21-14-19(8-2)32-27-21/h2*14-17,20H,7-13H2,1-6H3,(H,25,30)(H,26,29)/t15-,16+,17-,20+;15-,16-,17+,20-/m11/s1. The Morgan fingerprint density at radius 1 is 0.625 bits per heavy atom. The van der Waals surface area contributed by atoms with Crippen LogP contribution in [0, 0.1) is 23.7 Å². The Hall–Kier alpha value is -4.76. The van der Waals surface area contributed by atoms with Crippen molar-refractivity contribution in [3.8, 4) is 0 Å². The highest BCUT2D eigenvalue weighted by Gasteiger charge is 2.34. The van der Waals surface area contributed by atoms with Crippen molar-refractivity contribution in [1.82, 2.24) is 31.6 Å². The third kappa shape index (κ3) is 19.1. The third-order valence-corrected chi connectivity index (χ3v) is 11.8. The molecular weight excluding hydrogens is 821 g/mol. The van der Waals surface area contributed by atoms with Crippen LogP contribution < -0.4 is 21.3 Å². The van der Waals surface area contributed by atoms with Gasteiger partial charge in [0.25, 0.3) is 11.8 Å². The van der Waals surface area contributed by atoms with Gasteiger partial charge in [-0.15, -0.1) is 0 Å². The van der Waals surface area contributed by atoms with Crippen molar-refractivity contribution in [1.29, 1.82) is 0 Å². The summed E-state index contributed by atoms with van der Waals surface area (Å²) in [6, 6.07) is 2.98. The van der Waals surface area contributed by atoms with Crippen LogP contribution in [0.3, 0.4) is 0 Å². The van der Waals surface area contributed by atoms with E-state index in [0.29, 0.717) is 85.1 Å². The topological polar surface area (TPSA) is 221 Å². The van der Waals surface area contributed by atoms with Crippen LogP contribution >= 0.6 is 0 Å². The minimum Gasteiger partial charge on any atom is -0.444 e. The van der Waals surface area contributed by atoms with Gasteiger partial charge in [-0.05, 0) is 118 Å². The molecule has 8 atom stereocenters. The summed E-state index contributed by atoms with van der Waals surface area (Å²) in [5.41, 5.74) is -0.493. The molecule has 360 valence electrons. The fourth-order valence-electron chi connectivity index (χ4n) is 8.65. The fraction of sp³-hybridized carbons (Fsp3) is 0.750. The van der Waals surface area contributed by atoms with E-state index in [1.807, 2.05) is 27.7 Å². The van der Waals surface area contributed by atoms with Crippen LogP contribution in [-0.4, -0.2) is 81.3 Å². The first kappa shape index (κ1) is 53.6. The minimum atomic E-state index is -0.566. The van der Waals surface area contributed by atoms with Crippen LogP contribution in [0.15, 0.2) is 21.2 Å². The summed E-state index contributed by atoms with van der Waals surface area (Å²) in [5, 5.41) is 19.4. The molecule has 0 radical (unpaired) electrons. The predicted molar refractivity (Wildman–Crippen MR) is 243 cm³/mol. The Labute approximate surface area is 380 Å². The van der Waals surface area contributed by atoms with E-state index in [1.54, 1.807) is 53.7 Å². The molecule has 2 aliphatic rings. The monoisotopic (exact) mass is 899 g/mol. The number of rotatable bonds is 18. The number of nitrogens with one attached hydrogen (secondary N) is 4. The highest BCUT2D eigenvalue weighted by molar-refractivity contribution is 5.93. The lowest BCUT2D eigenvalue weighted by Gasteiger charge is -2.36. The number of carbonyl (C=O) groups is 6. The number of Topliss-reactive ketones (excluding diaryl/α,β-unsaturated/α-hetero) is 2. The number of ketones is 2. The van der Waals surface area contributed by atoms with Gasteiger partial charge in [0, 0.05) is 74.8 Å². The molecule has 4 rings (SSSR count). The Morgan fingerprint density at radius 2 is 0.984 bits per heavy atom. The summed E-state index contributed by atoms with van der Waals surface area (Å²) >= 11 is 0. The van der Waals surface area contributed by atoms with E-state index in [4.69, 9.17) is 18.5 Å². The first-order valence-electron chi connectivity index (χ1n) is 23.6. The van der Waals surface area contributed by atoms with Crippen LogP contribution in [0.25, 0.3) is 0 Å². The summed E-state index contributed by atoms with van der Waals surface area (Å²) in [6.07, 6.45) is 9.11. The number of aromatic nitrogens is 2. The van der Waals surface area contributed by atoms with Gasteiger partial charge in [-0.25, -0.2) is 9.59 Å². The van der Waals surface area contributed by atoms with Crippen LogP contribution in [0.2, 0.25) is 0 Å². The van der Waals surface area contributed by atoms with Crippen molar-refractivity contribution < 1.29 is 47.3 Å². The SMILES string of the molecule is CCc1cc(C(=O)N[C@@H]2CC[C@@H](CC(=O)C[C@@H](C)NC(=O)OC(C)(C)C)C[C@@H]2CC)no1.CCc1cc(C(=O)N[C@H]2CC[C@H](CC(=O)C[C@@H](C)NC(=O)OC(C)(C)C)C[C@H]2CC)no1. The first-order chi connectivity index (χ1) is 30.0. The fourth-order valence-corrected chi connectivity index (χ4v) is 8.65.